The van der Waals surface area contributed by atoms with E-state index >= 15 is 0 Å². The second kappa shape index (κ2) is 5.94. The molecule has 1 aromatic heterocycles. The van der Waals surface area contributed by atoms with Crippen LogP contribution in [0.1, 0.15) is 18.2 Å². The first kappa shape index (κ1) is 13.6. The Labute approximate surface area is 124 Å². The van der Waals surface area contributed by atoms with Crippen molar-refractivity contribution in [1.29, 1.82) is 0 Å². The number of benzene rings is 2. The number of fused-ring (bicyclic) bond motifs is 1. The van der Waals surface area contributed by atoms with Gasteiger partial charge in [-0.25, -0.2) is 0 Å². The van der Waals surface area contributed by atoms with Gasteiger partial charge in [0.15, 0.2) is 0 Å². The van der Waals surface area contributed by atoms with Crippen LogP contribution in [0.4, 0.5) is 0 Å². The zero-order valence-corrected chi connectivity index (χ0v) is 12.0. The van der Waals surface area contributed by atoms with Crippen LogP contribution in [-0.4, -0.2) is 4.98 Å². The van der Waals surface area contributed by atoms with Gasteiger partial charge in [-0.2, -0.15) is 0 Å². The average Bonchev–Trinajstić information content (AvgIpc) is 2.55. The summed E-state index contributed by atoms with van der Waals surface area (Å²) in [5.74, 6) is 1.70. The summed E-state index contributed by atoms with van der Waals surface area (Å²) in [5, 5.41) is 1.00. The number of aromatic nitrogens is 1. The van der Waals surface area contributed by atoms with Crippen LogP contribution in [-0.2, 0) is 13.0 Å². The van der Waals surface area contributed by atoms with E-state index in [1.807, 2.05) is 48.5 Å². The van der Waals surface area contributed by atoms with E-state index < -0.39 is 0 Å². The summed E-state index contributed by atoms with van der Waals surface area (Å²) in [4.78, 5) is 4.53. The van der Waals surface area contributed by atoms with Crippen LogP contribution in [0.2, 0.25) is 0 Å². The molecule has 0 radical (unpaired) electrons. The highest BCUT2D eigenvalue weighted by atomic mass is 16.5. The predicted molar refractivity (Wildman–Crippen MR) is 85.5 cm³/mol. The van der Waals surface area contributed by atoms with Gasteiger partial charge in [0.2, 0.25) is 0 Å². The van der Waals surface area contributed by atoms with Crippen molar-refractivity contribution in [3.05, 3.63) is 65.9 Å². The minimum atomic E-state index is 0.399. The molecule has 0 amide bonds. The number of nitrogens with two attached hydrogens (primary N) is 1. The molecule has 3 aromatic rings. The first-order valence-electron chi connectivity index (χ1n) is 7.16. The van der Waals surface area contributed by atoms with Crippen molar-refractivity contribution in [3.8, 4) is 11.5 Å². The second-order valence-electron chi connectivity index (χ2n) is 4.90. The molecule has 1 heterocycles. The van der Waals surface area contributed by atoms with E-state index in [9.17, 15) is 0 Å². The van der Waals surface area contributed by atoms with Crippen molar-refractivity contribution in [2.24, 2.45) is 5.73 Å². The minimum Gasteiger partial charge on any atom is -0.456 e. The molecule has 0 spiro atoms. The third kappa shape index (κ3) is 2.73. The summed E-state index contributed by atoms with van der Waals surface area (Å²) in [6, 6.07) is 18.0. The fourth-order valence-electron chi connectivity index (χ4n) is 2.40. The number of para-hydroxylation sites is 2. The van der Waals surface area contributed by atoms with Crippen LogP contribution in [0.5, 0.6) is 11.5 Å². The molecule has 0 aliphatic carbocycles. The van der Waals surface area contributed by atoms with Gasteiger partial charge in [-0.05, 0) is 30.2 Å². The fourth-order valence-corrected chi connectivity index (χ4v) is 2.40. The molecular formula is C18H18N2O. The SMILES string of the molecule is CCc1ccccc1Oc1cc(CN)nc2ccccc12. The van der Waals surface area contributed by atoms with E-state index in [2.05, 4.69) is 18.0 Å². The van der Waals surface area contributed by atoms with E-state index in [1.165, 1.54) is 5.56 Å². The molecule has 3 heteroatoms. The molecule has 21 heavy (non-hydrogen) atoms. The molecule has 0 unspecified atom stereocenters. The van der Waals surface area contributed by atoms with Gasteiger partial charge in [0, 0.05) is 18.0 Å². The molecule has 0 fully saturated rings. The number of aryl methyl sites for hydroxylation is 1. The van der Waals surface area contributed by atoms with E-state index in [1.54, 1.807) is 0 Å². The summed E-state index contributed by atoms with van der Waals surface area (Å²) >= 11 is 0. The maximum atomic E-state index is 6.16. The number of nitrogens with zero attached hydrogens (tertiary/aromatic N) is 1. The monoisotopic (exact) mass is 278 g/mol. The summed E-state index contributed by atoms with van der Waals surface area (Å²) in [6.45, 7) is 2.52. The van der Waals surface area contributed by atoms with Gasteiger partial charge in [0.1, 0.15) is 11.5 Å². The number of ether oxygens (including phenoxy) is 1. The van der Waals surface area contributed by atoms with Gasteiger partial charge in [-0.1, -0.05) is 37.3 Å². The van der Waals surface area contributed by atoms with Gasteiger partial charge in [0.25, 0.3) is 0 Å². The van der Waals surface area contributed by atoms with Crippen molar-refractivity contribution in [3.63, 3.8) is 0 Å². The lowest BCUT2D eigenvalue weighted by atomic mass is 10.1. The van der Waals surface area contributed by atoms with Gasteiger partial charge in [-0.15, -0.1) is 0 Å². The Morgan fingerprint density at radius 2 is 1.76 bits per heavy atom. The average molecular weight is 278 g/mol. The van der Waals surface area contributed by atoms with Crippen molar-refractivity contribution in [2.45, 2.75) is 19.9 Å². The van der Waals surface area contributed by atoms with Crippen LogP contribution in [0.25, 0.3) is 10.9 Å². The standard InChI is InChI=1S/C18H18N2O/c1-2-13-7-3-6-10-17(13)21-18-11-14(12-19)20-16-9-5-4-8-15(16)18/h3-11H,2,12,19H2,1H3. The first-order valence-corrected chi connectivity index (χ1v) is 7.16. The lowest BCUT2D eigenvalue weighted by molar-refractivity contribution is 0.481. The summed E-state index contributed by atoms with van der Waals surface area (Å²) in [5.41, 5.74) is 8.67. The Hall–Kier alpha value is -2.39. The third-order valence-corrected chi connectivity index (χ3v) is 3.51. The van der Waals surface area contributed by atoms with E-state index in [0.717, 1.165) is 34.5 Å². The zero-order valence-electron chi connectivity index (χ0n) is 12.0. The van der Waals surface area contributed by atoms with E-state index in [0.29, 0.717) is 6.54 Å². The first-order chi connectivity index (χ1) is 10.3. The molecule has 0 aliphatic rings. The largest absolute Gasteiger partial charge is 0.456 e. The Morgan fingerprint density at radius 1 is 1.00 bits per heavy atom. The molecule has 3 rings (SSSR count). The molecule has 2 N–H and O–H groups in total. The predicted octanol–water partition coefficient (Wildman–Crippen LogP) is 4.05. The lowest BCUT2D eigenvalue weighted by Gasteiger charge is -2.13. The van der Waals surface area contributed by atoms with Crippen LogP contribution in [0.3, 0.4) is 0 Å². The molecular weight excluding hydrogens is 260 g/mol. The number of hydrogen-bond donors (Lipinski definition) is 1. The van der Waals surface area contributed by atoms with Crippen molar-refractivity contribution in [2.75, 3.05) is 0 Å². The van der Waals surface area contributed by atoms with Gasteiger partial charge >= 0.3 is 0 Å². The Kier molecular flexibility index (Phi) is 3.84. The van der Waals surface area contributed by atoms with Crippen LogP contribution >= 0.6 is 0 Å². The Balaban J connectivity index is 2.11. The molecule has 0 atom stereocenters. The third-order valence-electron chi connectivity index (χ3n) is 3.51. The summed E-state index contributed by atoms with van der Waals surface area (Å²) in [7, 11) is 0. The molecule has 0 aliphatic heterocycles. The smallest absolute Gasteiger partial charge is 0.138 e. The molecule has 0 bridgehead atoms. The van der Waals surface area contributed by atoms with Crippen LogP contribution in [0.15, 0.2) is 54.6 Å². The maximum Gasteiger partial charge on any atom is 0.138 e. The highest BCUT2D eigenvalue weighted by Gasteiger charge is 2.09. The molecule has 0 saturated heterocycles. The van der Waals surface area contributed by atoms with Gasteiger partial charge < -0.3 is 10.5 Å². The summed E-state index contributed by atoms with van der Waals surface area (Å²) in [6.07, 6.45) is 0.933. The van der Waals surface area contributed by atoms with E-state index in [-0.39, 0.29) is 0 Å². The number of rotatable bonds is 4. The minimum absolute atomic E-state index is 0.399. The van der Waals surface area contributed by atoms with Crippen LogP contribution in [0, 0.1) is 0 Å². The molecule has 0 saturated carbocycles. The second-order valence-corrected chi connectivity index (χ2v) is 4.90. The van der Waals surface area contributed by atoms with Gasteiger partial charge in [0.05, 0.1) is 11.2 Å². The normalized spacial score (nSPS) is 10.8. The Morgan fingerprint density at radius 3 is 2.57 bits per heavy atom. The zero-order chi connectivity index (χ0) is 14.7. The van der Waals surface area contributed by atoms with Crippen molar-refractivity contribution >= 4 is 10.9 Å². The van der Waals surface area contributed by atoms with Crippen molar-refractivity contribution in [1.82, 2.24) is 4.98 Å². The van der Waals surface area contributed by atoms with E-state index in [4.69, 9.17) is 10.5 Å². The highest BCUT2D eigenvalue weighted by Crippen LogP contribution is 2.31. The topological polar surface area (TPSA) is 48.1 Å². The highest BCUT2D eigenvalue weighted by molar-refractivity contribution is 5.85. The number of pyridine rings is 1. The molecule has 3 nitrogen and oxygen atoms in total. The van der Waals surface area contributed by atoms with Gasteiger partial charge in [-0.3, -0.25) is 4.98 Å². The Bertz CT molecular complexity index is 768. The van der Waals surface area contributed by atoms with Crippen LogP contribution < -0.4 is 10.5 Å². The maximum absolute atomic E-state index is 6.16. The fraction of sp³-hybridized carbons (Fsp3) is 0.167. The molecule has 2 aromatic carbocycles. The quantitative estimate of drug-likeness (QED) is 0.783. The molecule has 106 valence electrons. The van der Waals surface area contributed by atoms with Crippen molar-refractivity contribution < 1.29 is 4.74 Å². The lowest BCUT2D eigenvalue weighted by Crippen LogP contribution is -2.01. The number of hydrogen-bond acceptors (Lipinski definition) is 3. The summed E-state index contributed by atoms with van der Waals surface area (Å²) < 4.78 is 6.16.